The van der Waals surface area contributed by atoms with E-state index in [1.807, 2.05) is 68.4 Å². The van der Waals surface area contributed by atoms with E-state index < -0.39 is 0 Å². The molecule has 3 aromatic rings. The average molecular weight is 494 g/mol. The number of anilines is 3. The Hall–Kier alpha value is -4.15. The van der Waals surface area contributed by atoms with Crippen molar-refractivity contribution in [3.63, 3.8) is 0 Å². The van der Waals surface area contributed by atoms with Gasteiger partial charge in [0.1, 0.15) is 6.07 Å². The zero-order valence-corrected chi connectivity index (χ0v) is 21.2. The van der Waals surface area contributed by atoms with Crippen LogP contribution in [0.3, 0.4) is 0 Å². The van der Waals surface area contributed by atoms with Gasteiger partial charge in [0.2, 0.25) is 5.91 Å². The molecule has 0 aliphatic carbocycles. The van der Waals surface area contributed by atoms with Crippen molar-refractivity contribution in [3.05, 3.63) is 89.0 Å². The van der Waals surface area contributed by atoms with Crippen LogP contribution in [0, 0.1) is 17.2 Å². The number of nitriles is 1. The van der Waals surface area contributed by atoms with Crippen LogP contribution in [-0.4, -0.2) is 42.9 Å². The van der Waals surface area contributed by atoms with E-state index in [0.717, 1.165) is 55.1 Å². The summed E-state index contributed by atoms with van der Waals surface area (Å²) in [5.41, 5.74) is 5.72. The van der Waals surface area contributed by atoms with Crippen LogP contribution < -0.4 is 15.5 Å². The molecular weight excluding hydrogens is 462 g/mol. The summed E-state index contributed by atoms with van der Waals surface area (Å²) in [4.78, 5) is 29.9. The maximum atomic E-state index is 13.0. The zero-order chi connectivity index (χ0) is 25.9. The summed E-state index contributed by atoms with van der Waals surface area (Å²) in [5.74, 6) is -0.198. The van der Waals surface area contributed by atoms with Crippen LogP contribution in [0.5, 0.6) is 0 Å². The molecule has 188 valence electrons. The van der Waals surface area contributed by atoms with Crippen LogP contribution in [0.1, 0.15) is 53.4 Å². The molecule has 2 N–H and O–H groups in total. The second-order valence-electron chi connectivity index (χ2n) is 9.70. The molecule has 7 nitrogen and oxygen atoms in total. The van der Waals surface area contributed by atoms with Gasteiger partial charge in [0.05, 0.1) is 17.3 Å². The maximum Gasteiger partial charge on any atom is 0.256 e. The molecule has 7 heteroatoms. The Morgan fingerprint density at radius 2 is 1.76 bits per heavy atom. The van der Waals surface area contributed by atoms with Crippen LogP contribution in [-0.2, 0) is 4.79 Å². The second-order valence-corrected chi connectivity index (χ2v) is 9.70. The first kappa shape index (κ1) is 24.5. The number of benzene rings is 3. The fourth-order valence-electron chi connectivity index (χ4n) is 5.19. The maximum absolute atomic E-state index is 13.0. The molecule has 2 aliphatic rings. The highest BCUT2D eigenvalue weighted by Gasteiger charge is 2.33. The van der Waals surface area contributed by atoms with E-state index in [0.29, 0.717) is 16.8 Å². The Morgan fingerprint density at radius 1 is 1.05 bits per heavy atom. The van der Waals surface area contributed by atoms with Gasteiger partial charge in [0.15, 0.2) is 0 Å². The molecule has 3 aromatic carbocycles. The number of para-hydroxylation sites is 1. The van der Waals surface area contributed by atoms with E-state index in [1.165, 1.54) is 0 Å². The lowest BCUT2D eigenvalue weighted by atomic mass is 9.93. The van der Waals surface area contributed by atoms with Crippen molar-refractivity contribution in [2.24, 2.45) is 5.92 Å². The number of hydrogen-bond acceptors (Lipinski definition) is 5. The summed E-state index contributed by atoms with van der Waals surface area (Å²) in [6.07, 6.45) is 0.763. The standard InChI is InChI=1S/C30H31N5O2/c1-3-20(2)29(36)32-22-12-13-27(21(18-22)19-31)34-14-16-35(17-15-34)28-23-8-4-5-9-24(23)30(37)33-26-11-7-6-10-25(26)28/h4-13,18,20,28H,3,14-17H2,1-2H3,(H,32,36)(H,33,37). The monoisotopic (exact) mass is 493 g/mol. The molecule has 0 aromatic heterocycles. The quantitative estimate of drug-likeness (QED) is 0.521. The first-order chi connectivity index (χ1) is 18.0. The highest BCUT2D eigenvalue weighted by Crippen LogP contribution is 2.39. The fourth-order valence-corrected chi connectivity index (χ4v) is 5.19. The Bertz CT molecular complexity index is 1370. The number of fused-ring (bicyclic) bond motifs is 2. The lowest BCUT2D eigenvalue weighted by Crippen LogP contribution is -2.48. The van der Waals surface area contributed by atoms with Crippen LogP contribution in [0.4, 0.5) is 17.1 Å². The minimum Gasteiger partial charge on any atom is -0.368 e. The Morgan fingerprint density at radius 3 is 2.49 bits per heavy atom. The smallest absolute Gasteiger partial charge is 0.256 e. The number of carbonyl (C=O) groups excluding carboxylic acids is 2. The molecule has 2 unspecified atom stereocenters. The highest BCUT2D eigenvalue weighted by atomic mass is 16.2. The zero-order valence-electron chi connectivity index (χ0n) is 21.2. The average Bonchev–Trinajstić information content (AvgIpc) is 3.06. The van der Waals surface area contributed by atoms with Gasteiger partial charge in [-0.2, -0.15) is 5.26 Å². The van der Waals surface area contributed by atoms with E-state index in [2.05, 4.69) is 32.6 Å². The number of hydrogen-bond donors (Lipinski definition) is 2. The molecule has 0 spiro atoms. The minimum atomic E-state index is -0.0805. The minimum absolute atomic E-state index is 0.0373. The van der Waals surface area contributed by atoms with Gasteiger partial charge in [0, 0.05) is 49.0 Å². The lowest BCUT2D eigenvalue weighted by Gasteiger charge is -2.41. The van der Waals surface area contributed by atoms with E-state index in [1.54, 1.807) is 6.07 Å². The SMILES string of the molecule is CCC(C)C(=O)Nc1ccc(N2CCN(C3c4ccccc4NC(=O)c4ccccc43)CC2)c(C#N)c1. The van der Waals surface area contributed by atoms with Gasteiger partial charge in [-0.25, -0.2) is 0 Å². The van der Waals surface area contributed by atoms with Crippen LogP contribution in [0.25, 0.3) is 0 Å². The van der Waals surface area contributed by atoms with E-state index in [-0.39, 0.29) is 23.8 Å². The molecular formula is C30H31N5O2. The number of piperazine rings is 1. The third kappa shape index (κ3) is 4.81. The summed E-state index contributed by atoms with van der Waals surface area (Å²) >= 11 is 0. The fraction of sp³-hybridized carbons (Fsp3) is 0.300. The second kappa shape index (κ2) is 10.5. The third-order valence-electron chi connectivity index (χ3n) is 7.47. The normalized spacial score (nSPS) is 18.0. The molecule has 37 heavy (non-hydrogen) atoms. The lowest BCUT2D eigenvalue weighted by molar-refractivity contribution is -0.119. The molecule has 2 amide bonds. The largest absolute Gasteiger partial charge is 0.368 e. The van der Waals surface area contributed by atoms with Crippen molar-refractivity contribution in [3.8, 4) is 6.07 Å². The molecule has 1 fully saturated rings. The van der Waals surface area contributed by atoms with Crippen LogP contribution in [0.2, 0.25) is 0 Å². The van der Waals surface area contributed by atoms with Crippen LogP contribution >= 0.6 is 0 Å². The van der Waals surface area contributed by atoms with Crippen molar-refractivity contribution in [1.29, 1.82) is 5.26 Å². The van der Waals surface area contributed by atoms with Gasteiger partial charge in [-0.1, -0.05) is 50.2 Å². The molecule has 1 saturated heterocycles. The molecule has 5 rings (SSSR count). The molecule has 0 bridgehead atoms. The highest BCUT2D eigenvalue weighted by molar-refractivity contribution is 6.07. The molecule has 0 saturated carbocycles. The molecule has 2 atom stereocenters. The number of carbonyl (C=O) groups is 2. The Kier molecular flexibility index (Phi) is 6.93. The molecule has 2 heterocycles. The van der Waals surface area contributed by atoms with Crippen LogP contribution in [0.15, 0.2) is 66.7 Å². The topological polar surface area (TPSA) is 88.5 Å². The van der Waals surface area contributed by atoms with Gasteiger partial charge in [0.25, 0.3) is 5.91 Å². The van der Waals surface area contributed by atoms with Gasteiger partial charge in [-0.3, -0.25) is 14.5 Å². The Labute approximate surface area is 217 Å². The van der Waals surface area contributed by atoms with Crippen molar-refractivity contribution in [2.75, 3.05) is 41.7 Å². The number of rotatable bonds is 5. The van der Waals surface area contributed by atoms with Gasteiger partial charge < -0.3 is 15.5 Å². The first-order valence-corrected chi connectivity index (χ1v) is 12.8. The van der Waals surface area contributed by atoms with E-state index in [9.17, 15) is 14.9 Å². The summed E-state index contributed by atoms with van der Waals surface area (Å²) in [5, 5.41) is 15.9. The number of nitrogens with one attached hydrogen (secondary N) is 2. The summed E-state index contributed by atoms with van der Waals surface area (Å²) < 4.78 is 0. The summed E-state index contributed by atoms with van der Waals surface area (Å²) in [6, 6.07) is 23.7. The predicted molar refractivity (Wildman–Crippen MR) is 146 cm³/mol. The molecule has 2 aliphatic heterocycles. The van der Waals surface area contributed by atoms with Crippen molar-refractivity contribution >= 4 is 28.9 Å². The predicted octanol–water partition coefficient (Wildman–Crippen LogP) is 5.02. The van der Waals surface area contributed by atoms with Gasteiger partial charge in [-0.15, -0.1) is 0 Å². The number of nitrogens with zero attached hydrogens (tertiary/aromatic N) is 3. The van der Waals surface area contributed by atoms with E-state index in [4.69, 9.17) is 0 Å². The van der Waals surface area contributed by atoms with Crippen molar-refractivity contribution in [1.82, 2.24) is 4.90 Å². The molecule has 0 radical (unpaired) electrons. The Balaban J connectivity index is 1.38. The van der Waals surface area contributed by atoms with Crippen molar-refractivity contribution < 1.29 is 9.59 Å². The van der Waals surface area contributed by atoms with Gasteiger partial charge in [-0.05, 0) is 47.9 Å². The third-order valence-corrected chi connectivity index (χ3v) is 7.47. The van der Waals surface area contributed by atoms with E-state index >= 15 is 0 Å². The van der Waals surface area contributed by atoms with Crippen molar-refractivity contribution in [2.45, 2.75) is 26.3 Å². The first-order valence-electron chi connectivity index (χ1n) is 12.8. The van der Waals surface area contributed by atoms with Gasteiger partial charge >= 0.3 is 0 Å². The summed E-state index contributed by atoms with van der Waals surface area (Å²) in [7, 11) is 0. The number of amides is 2. The summed E-state index contributed by atoms with van der Waals surface area (Å²) in [6.45, 7) is 6.92.